The van der Waals surface area contributed by atoms with E-state index in [-0.39, 0.29) is 0 Å². The zero-order valence-electron chi connectivity index (χ0n) is 19.1. The molecule has 30 heavy (non-hydrogen) atoms. The molecule has 0 aliphatic heterocycles. The number of rotatable bonds is 15. The summed E-state index contributed by atoms with van der Waals surface area (Å²) in [6.07, 6.45) is 2.43. The molecule has 166 valence electrons. The molecule has 0 saturated carbocycles. The molecule has 2 nitrogen and oxygen atoms in total. The van der Waals surface area contributed by atoms with Crippen molar-refractivity contribution >= 4 is 21.6 Å². The molecular weight excluding hydrogens is 404 g/mol. The highest BCUT2D eigenvalue weighted by atomic mass is 33.1. The first kappa shape index (κ1) is 25.3. The molecule has 2 unspecified atom stereocenters. The number of hydrogen-bond acceptors (Lipinski definition) is 4. The van der Waals surface area contributed by atoms with E-state index in [2.05, 4.69) is 99.0 Å². The smallest absolute Gasteiger partial charge is 0.0208 e. The van der Waals surface area contributed by atoms with Gasteiger partial charge >= 0.3 is 0 Å². The van der Waals surface area contributed by atoms with E-state index in [4.69, 9.17) is 0 Å². The first-order chi connectivity index (χ1) is 14.6. The molecule has 0 aromatic heterocycles. The fourth-order valence-corrected chi connectivity index (χ4v) is 6.19. The van der Waals surface area contributed by atoms with Crippen molar-refractivity contribution in [3.8, 4) is 0 Å². The Morgan fingerprint density at radius 3 is 1.33 bits per heavy atom. The third-order valence-electron chi connectivity index (χ3n) is 6.06. The summed E-state index contributed by atoms with van der Waals surface area (Å²) in [6, 6.07) is 22.6. The highest BCUT2D eigenvalue weighted by molar-refractivity contribution is 8.76. The van der Waals surface area contributed by atoms with E-state index in [1.54, 1.807) is 0 Å². The van der Waals surface area contributed by atoms with Gasteiger partial charge in [-0.05, 0) is 23.0 Å². The molecule has 0 bridgehead atoms. The summed E-state index contributed by atoms with van der Waals surface area (Å²) in [4.78, 5) is 0. The Morgan fingerprint density at radius 2 is 1.00 bits per heavy atom. The van der Waals surface area contributed by atoms with Crippen molar-refractivity contribution in [1.82, 2.24) is 10.6 Å². The molecule has 0 spiro atoms. The van der Waals surface area contributed by atoms with Crippen LogP contribution in [0.15, 0.2) is 60.7 Å². The van der Waals surface area contributed by atoms with Gasteiger partial charge in [-0.15, -0.1) is 0 Å². The minimum atomic E-state index is 0.548. The predicted molar refractivity (Wildman–Crippen MR) is 138 cm³/mol. The molecule has 0 amide bonds. The van der Waals surface area contributed by atoms with Gasteiger partial charge in [-0.3, -0.25) is 0 Å². The summed E-state index contributed by atoms with van der Waals surface area (Å²) < 4.78 is 0. The van der Waals surface area contributed by atoms with Crippen molar-refractivity contribution in [3.05, 3.63) is 71.8 Å². The first-order valence-electron chi connectivity index (χ1n) is 11.4. The Bertz CT molecular complexity index is 606. The average molecular weight is 445 g/mol. The van der Waals surface area contributed by atoms with Crippen molar-refractivity contribution in [2.75, 3.05) is 11.5 Å². The van der Waals surface area contributed by atoms with E-state index in [9.17, 15) is 0 Å². The summed E-state index contributed by atoms with van der Waals surface area (Å²) in [5.74, 6) is 3.67. The van der Waals surface area contributed by atoms with Gasteiger partial charge in [0.25, 0.3) is 0 Å². The molecule has 2 aromatic rings. The number of hydrogen-bond donors (Lipinski definition) is 2. The third-order valence-corrected chi connectivity index (χ3v) is 8.54. The Hall–Kier alpha value is -0.940. The molecule has 0 heterocycles. The highest BCUT2D eigenvalue weighted by Crippen LogP contribution is 2.27. The topological polar surface area (TPSA) is 24.1 Å². The van der Waals surface area contributed by atoms with Crippen LogP contribution in [0.4, 0.5) is 0 Å². The van der Waals surface area contributed by atoms with Gasteiger partial charge in [0.15, 0.2) is 0 Å². The monoisotopic (exact) mass is 444 g/mol. The molecular formula is C26H40N2S2. The van der Waals surface area contributed by atoms with Crippen LogP contribution in [0.2, 0.25) is 0 Å². The fourth-order valence-electron chi connectivity index (χ4n) is 3.35. The van der Waals surface area contributed by atoms with Crippen LogP contribution < -0.4 is 10.6 Å². The maximum Gasteiger partial charge on any atom is 0.0208 e. The summed E-state index contributed by atoms with van der Waals surface area (Å²) in [6.45, 7) is 11.2. The highest BCUT2D eigenvalue weighted by Gasteiger charge is 2.18. The normalized spacial score (nSPS) is 15.5. The SMILES string of the molecule is CCC(C)[C@@H](CSSC[C@@H](NCc1ccccc1)C(C)CC)NCc1ccccc1. The third kappa shape index (κ3) is 9.47. The van der Waals surface area contributed by atoms with E-state index >= 15 is 0 Å². The Balaban J connectivity index is 1.78. The van der Waals surface area contributed by atoms with Crippen molar-refractivity contribution in [3.63, 3.8) is 0 Å². The first-order valence-corrected chi connectivity index (χ1v) is 13.9. The molecule has 2 N–H and O–H groups in total. The van der Waals surface area contributed by atoms with Crippen LogP contribution in [0, 0.1) is 11.8 Å². The van der Waals surface area contributed by atoms with Crippen molar-refractivity contribution < 1.29 is 0 Å². The van der Waals surface area contributed by atoms with Crippen LogP contribution in [-0.2, 0) is 13.1 Å². The van der Waals surface area contributed by atoms with Gasteiger partial charge in [-0.2, -0.15) is 0 Å². The second-order valence-corrected chi connectivity index (χ2v) is 10.8. The molecule has 0 saturated heterocycles. The number of nitrogens with one attached hydrogen (secondary N) is 2. The minimum Gasteiger partial charge on any atom is -0.309 e. The Morgan fingerprint density at radius 1 is 0.633 bits per heavy atom. The summed E-state index contributed by atoms with van der Waals surface area (Å²) >= 11 is 0. The van der Waals surface area contributed by atoms with E-state index in [0.717, 1.165) is 24.6 Å². The zero-order valence-corrected chi connectivity index (χ0v) is 20.8. The molecule has 2 aromatic carbocycles. The van der Waals surface area contributed by atoms with E-state index in [0.29, 0.717) is 23.9 Å². The van der Waals surface area contributed by atoms with Crippen LogP contribution >= 0.6 is 21.6 Å². The van der Waals surface area contributed by atoms with Crippen LogP contribution in [0.25, 0.3) is 0 Å². The van der Waals surface area contributed by atoms with Gasteiger partial charge < -0.3 is 10.6 Å². The largest absolute Gasteiger partial charge is 0.309 e. The molecule has 0 radical (unpaired) electrons. The van der Waals surface area contributed by atoms with E-state index < -0.39 is 0 Å². The summed E-state index contributed by atoms with van der Waals surface area (Å²) in [5.41, 5.74) is 2.73. The fraction of sp³-hybridized carbons (Fsp3) is 0.538. The lowest BCUT2D eigenvalue weighted by Gasteiger charge is -2.26. The van der Waals surface area contributed by atoms with Crippen molar-refractivity contribution in [2.45, 2.75) is 65.7 Å². The van der Waals surface area contributed by atoms with E-state index in [1.807, 2.05) is 21.6 Å². The summed E-state index contributed by atoms with van der Waals surface area (Å²) in [5, 5.41) is 7.61. The molecule has 0 aliphatic rings. The Kier molecular flexibility index (Phi) is 12.6. The molecule has 0 fully saturated rings. The quantitative estimate of drug-likeness (QED) is 0.234. The molecule has 0 aliphatic carbocycles. The molecule has 2 rings (SSSR count). The lowest BCUT2D eigenvalue weighted by Crippen LogP contribution is -2.37. The molecule has 4 atom stereocenters. The van der Waals surface area contributed by atoms with Crippen molar-refractivity contribution in [1.29, 1.82) is 0 Å². The molecule has 4 heteroatoms. The van der Waals surface area contributed by atoms with Crippen LogP contribution in [0.5, 0.6) is 0 Å². The van der Waals surface area contributed by atoms with Crippen molar-refractivity contribution in [2.24, 2.45) is 11.8 Å². The van der Waals surface area contributed by atoms with Gasteiger partial charge in [-0.1, -0.05) is 123 Å². The second-order valence-electron chi connectivity index (χ2n) is 8.29. The predicted octanol–water partition coefficient (Wildman–Crippen LogP) is 6.78. The maximum atomic E-state index is 3.81. The van der Waals surface area contributed by atoms with Gasteiger partial charge in [0, 0.05) is 36.7 Å². The van der Waals surface area contributed by atoms with Crippen LogP contribution in [0.3, 0.4) is 0 Å². The maximum absolute atomic E-state index is 3.81. The van der Waals surface area contributed by atoms with Gasteiger partial charge in [0.1, 0.15) is 0 Å². The van der Waals surface area contributed by atoms with E-state index in [1.165, 1.54) is 24.0 Å². The minimum absolute atomic E-state index is 0.548. The lowest BCUT2D eigenvalue weighted by atomic mass is 10.0. The average Bonchev–Trinajstić information content (AvgIpc) is 2.80. The summed E-state index contributed by atoms with van der Waals surface area (Å²) in [7, 11) is 4.06. The van der Waals surface area contributed by atoms with Crippen LogP contribution in [0.1, 0.15) is 51.7 Å². The zero-order chi connectivity index (χ0) is 21.6. The van der Waals surface area contributed by atoms with Gasteiger partial charge in [-0.25, -0.2) is 0 Å². The lowest BCUT2D eigenvalue weighted by molar-refractivity contribution is 0.394. The van der Waals surface area contributed by atoms with Crippen LogP contribution in [-0.4, -0.2) is 23.6 Å². The number of benzene rings is 2. The van der Waals surface area contributed by atoms with Gasteiger partial charge in [0.2, 0.25) is 0 Å². The standard InChI is InChI=1S/C26H40N2S2/c1-5-21(3)25(27-17-23-13-9-7-10-14-23)19-29-30-20-26(22(4)6-2)28-18-24-15-11-8-12-16-24/h7-16,21-22,25-28H,5-6,17-20H2,1-4H3/t21?,22?,25-,26-/m1/s1. The second kappa shape index (κ2) is 15.0. The van der Waals surface area contributed by atoms with Gasteiger partial charge in [0.05, 0.1) is 0 Å². The Labute approximate surface area is 192 Å².